The molecule has 1 aromatic rings. The lowest BCUT2D eigenvalue weighted by Gasteiger charge is -2.21. The van der Waals surface area contributed by atoms with Crippen LogP contribution in [-0.2, 0) is 11.2 Å². The summed E-state index contributed by atoms with van der Waals surface area (Å²) in [5.74, 6) is 0.696. The van der Waals surface area contributed by atoms with Gasteiger partial charge in [0.15, 0.2) is 5.78 Å². The van der Waals surface area contributed by atoms with Gasteiger partial charge in [0.25, 0.3) is 0 Å². The minimum atomic E-state index is -0.383. The fourth-order valence-corrected chi connectivity index (χ4v) is 3.22. The standard InChI is InChI=1S/C16H20O3/c17-15-5-4-12-13(15)2-1-3-14(12)16(18)10-11-6-8-19-9-7-11/h1-3,11,15,17H,4-10H2. The molecule has 0 bridgehead atoms. The van der Waals surface area contributed by atoms with Crippen LogP contribution in [0.5, 0.6) is 0 Å². The molecule has 0 amide bonds. The molecule has 3 nitrogen and oxygen atoms in total. The zero-order chi connectivity index (χ0) is 13.2. The van der Waals surface area contributed by atoms with E-state index in [-0.39, 0.29) is 11.9 Å². The lowest BCUT2D eigenvalue weighted by molar-refractivity contribution is 0.0601. The van der Waals surface area contributed by atoms with Gasteiger partial charge < -0.3 is 9.84 Å². The van der Waals surface area contributed by atoms with Gasteiger partial charge in [-0.25, -0.2) is 0 Å². The summed E-state index contributed by atoms with van der Waals surface area (Å²) in [6, 6.07) is 5.75. The maximum absolute atomic E-state index is 12.5. The Hall–Kier alpha value is -1.19. The lowest BCUT2D eigenvalue weighted by atomic mass is 9.89. The quantitative estimate of drug-likeness (QED) is 0.850. The van der Waals surface area contributed by atoms with Gasteiger partial charge in [-0.2, -0.15) is 0 Å². The Morgan fingerprint density at radius 1 is 1.26 bits per heavy atom. The first-order valence-electron chi connectivity index (χ1n) is 7.16. The maximum atomic E-state index is 12.5. The fraction of sp³-hybridized carbons (Fsp3) is 0.562. The predicted octanol–water partition coefficient (Wildman–Crippen LogP) is 2.67. The molecular formula is C16H20O3. The number of hydrogen-bond acceptors (Lipinski definition) is 3. The van der Waals surface area contributed by atoms with Crippen molar-refractivity contribution in [2.24, 2.45) is 5.92 Å². The smallest absolute Gasteiger partial charge is 0.163 e. The second-order valence-corrected chi connectivity index (χ2v) is 5.61. The van der Waals surface area contributed by atoms with E-state index in [2.05, 4.69) is 0 Å². The van der Waals surface area contributed by atoms with Crippen molar-refractivity contribution in [3.05, 3.63) is 34.9 Å². The summed E-state index contributed by atoms with van der Waals surface area (Å²) in [6.07, 6.45) is 3.79. The number of benzene rings is 1. The highest BCUT2D eigenvalue weighted by molar-refractivity contribution is 5.98. The highest BCUT2D eigenvalue weighted by Crippen LogP contribution is 2.34. The minimum Gasteiger partial charge on any atom is -0.388 e. The molecule has 1 heterocycles. The Morgan fingerprint density at radius 2 is 2.05 bits per heavy atom. The molecule has 1 N–H and O–H groups in total. The van der Waals surface area contributed by atoms with E-state index in [0.29, 0.717) is 12.3 Å². The summed E-state index contributed by atoms with van der Waals surface area (Å²) in [4.78, 5) is 12.5. The molecule has 2 aliphatic rings. The van der Waals surface area contributed by atoms with Gasteiger partial charge in [-0.05, 0) is 42.7 Å². The first-order valence-corrected chi connectivity index (χ1v) is 7.16. The molecular weight excluding hydrogens is 240 g/mol. The largest absolute Gasteiger partial charge is 0.388 e. The van der Waals surface area contributed by atoms with Crippen LogP contribution in [0.15, 0.2) is 18.2 Å². The van der Waals surface area contributed by atoms with E-state index in [1.54, 1.807) is 0 Å². The molecule has 102 valence electrons. The van der Waals surface area contributed by atoms with Gasteiger partial charge in [0, 0.05) is 25.2 Å². The molecule has 1 fully saturated rings. The third-order valence-corrected chi connectivity index (χ3v) is 4.35. The maximum Gasteiger partial charge on any atom is 0.163 e. The van der Waals surface area contributed by atoms with Crippen LogP contribution in [0.4, 0.5) is 0 Å². The zero-order valence-electron chi connectivity index (χ0n) is 11.1. The topological polar surface area (TPSA) is 46.5 Å². The van der Waals surface area contributed by atoms with Gasteiger partial charge in [0.2, 0.25) is 0 Å². The molecule has 0 aromatic heterocycles. The molecule has 1 saturated heterocycles. The van der Waals surface area contributed by atoms with Gasteiger partial charge in [0.1, 0.15) is 0 Å². The number of ether oxygens (including phenoxy) is 1. The van der Waals surface area contributed by atoms with Crippen LogP contribution < -0.4 is 0 Å². The van der Waals surface area contributed by atoms with E-state index >= 15 is 0 Å². The predicted molar refractivity (Wildman–Crippen MR) is 72.2 cm³/mol. The van der Waals surface area contributed by atoms with Crippen molar-refractivity contribution in [3.8, 4) is 0 Å². The molecule has 0 saturated carbocycles. The SMILES string of the molecule is O=C(CC1CCOCC1)c1cccc2c1CCC2O. The van der Waals surface area contributed by atoms with Crippen molar-refractivity contribution in [2.75, 3.05) is 13.2 Å². The van der Waals surface area contributed by atoms with E-state index in [9.17, 15) is 9.90 Å². The number of carbonyl (C=O) groups excluding carboxylic acids is 1. The number of ketones is 1. The van der Waals surface area contributed by atoms with Crippen molar-refractivity contribution < 1.29 is 14.6 Å². The highest BCUT2D eigenvalue weighted by atomic mass is 16.5. The number of aliphatic hydroxyl groups excluding tert-OH is 1. The molecule has 3 rings (SSSR count). The fourth-order valence-electron chi connectivity index (χ4n) is 3.22. The lowest BCUT2D eigenvalue weighted by Crippen LogP contribution is -2.19. The molecule has 1 atom stereocenters. The summed E-state index contributed by atoms with van der Waals surface area (Å²) in [5, 5.41) is 9.88. The molecule has 19 heavy (non-hydrogen) atoms. The van der Waals surface area contributed by atoms with Gasteiger partial charge in [-0.1, -0.05) is 18.2 Å². The average Bonchev–Trinajstić information content (AvgIpc) is 2.82. The minimum absolute atomic E-state index is 0.234. The Labute approximate surface area is 113 Å². The van der Waals surface area contributed by atoms with Gasteiger partial charge in [-0.3, -0.25) is 4.79 Å². The Morgan fingerprint density at radius 3 is 2.84 bits per heavy atom. The van der Waals surface area contributed by atoms with E-state index in [4.69, 9.17) is 4.74 Å². The number of Topliss-reactive ketones (excluding diaryl/α,β-unsaturated/α-hetero) is 1. The van der Waals surface area contributed by atoms with Crippen molar-refractivity contribution in [3.63, 3.8) is 0 Å². The van der Waals surface area contributed by atoms with E-state index in [1.165, 1.54) is 0 Å². The van der Waals surface area contributed by atoms with Gasteiger partial charge in [0.05, 0.1) is 6.10 Å². The normalized spacial score (nSPS) is 23.3. The molecule has 0 radical (unpaired) electrons. The highest BCUT2D eigenvalue weighted by Gasteiger charge is 2.26. The molecule has 0 spiro atoms. The van der Waals surface area contributed by atoms with Crippen LogP contribution in [0, 0.1) is 5.92 Å². The summed E-state index contributed by atoms with van der Waals surface area (Å²) in [7, 11) is 0. The zero-order valence-corrected chi connectivity index (χ0v) is 11.1. The summed E-state index contributed by atoms with van der Waals surface area (Å²) >= 11 is 0. The van der Waals surface area contributed by atoms with Crippen LogP contribution in [0.2, 0.25) is 0 Å². The third kappa shape index (κ3) is 2.58. The van der Waals surface area contributed by atoms with Gasteiger partial charge in [-0.15, -0.1) is 0 Å². The average molecular weight is 260 g/mol. The molecule has 1 unspecified atom stereocenters. The van der Waals surface area contributed by atoms with E-state index in [1.807, 2.05) is 18.2 Å². The van der Waals surface area contributed by atoms with Crippen LogP contribution in [0.1, 0.15) is 53.3 Å². The third-order valence-electron chi connectivity index (χ3n) is 4.35. The van der Waals surface area contributed by atoms with Gasteiger partial charge >= 0.3 is 0 Å². The summed E-state index contributed by atoms with van der Waals surface area (Å²) in [5.41, 5.74) is 2.87. The second-order valence-electron chi connectivity index (χ2n) is 5.61. The number of fused-ring (bicyclic) bond motifs is 1. The number of carbonyl (C=O) groups is 1. The first kappa shape index (κ1) is 12.8. The number of rotatable bonds is 3. The Bertz CT molecular complexity index is 475. The second kappa shape index (κ2) is 5.43. The van der Waals surface area contributed by atoms with Crippen molar-refractivity contribution in [1.29, 1.82) is 0 Å². The van der Waals surface area contributed by atoms with Crippen LogP contribution in [0.3, 0.4) is 0 Å². The molecule has 3 heteroatoms. The number of hydrogen-bond donors (Lipinski definition) is 1. The van der Waals surface area contributed by atoms with E-state index < -0.39 is 0 Å². The van der Waals surface area contributed by atoms with Crippen molar-refractivity contribution >= 4 is 5.78 Å². The molecule has 1 aromatic carbocycles. The molecule has 1 aliphatic heterocycles. The van der Waals surface area contributed by atoms with Crippen LogP contribution in [-0.4, -0.2) is 24.1 Å². The van der Waals surface area contributed by atoms with Crippen molar-refractivity contribution in [1.82, 2.24) is 0 Å². The van der Waals surface area contributed by atoms with E-state index in [0.717, 1.165) is 55.6 Å². The first-order chi connectivity index (χ1) is 9.25. The Kier molecular flexibility index (Phi) is 3.67. The summed E-state index contributed by atoms with van der Waals surface area (Å²) < 4.78 is 5.33. The monoisotopic (exact) mass is 260 g/mol. The molecule has 1 aliphatic carbocycles. The number of aliphatic hydroxyl groups is 1. The van der Waals surface area contributed by atoms with Crippen LogP contribution in [0.25, 0.3) is 0 Å². The van der Waals surface area contributed by atoms with Crippen molar-refractivity contribution in [2.45, 2.75) is 38.2 Å². The van der Waals surface area contributed by atoms with Crippen LogP contribution >= 0.6 is 0 Å². The Balaban J connectivity index is 1.77. The summed E-state index contributed by atoms with van der Waals surface area (Å²) in [6.45, 7) is 1.56.